The van der Waals surface area contributed by atoms with Crippen LogP contribution in [0, 0.1) is 18.3 Å². The molecular weight excluding hydrogens is 328 g/mol. The largest absolute Gasteiger partial charge is 0.469 e. The van der Waals surface area contributed by atoms with Gasteiger partial charge in [0.05, 0.1) is 6.26 Å². The van der Waals surface area contributed by atoms with E-state index < -0.39 is 5.56 Å². The van der Waals surface area contributed by atoms with Crippen LogP contribution in [0.15, 0.2) is 57.9 Å². The lowest BCUT2D eigenvalue weighted by Crippen LogP contribution is -2.31. The van der Waals surface area contributed by atoms with Crippen LogP contribution >= 0.6 is 0 Å². The molecule has 2 heterocycles. The van der Waals surface area contributed by atoms with Crippen molar-refractivity contribution in [1.29, 1.82) is 5.26 Å². The molecule has 1 atom stereocenters. The minimum Gasteiger partial charge on any atom is -0.469 e. The third-order valence-electron chi connectivity index (χ3n) is 4.80. The van der Waals surface area contributed by atoms with E-state index in [0.717, 1.165) is 11.3 Å². The molecule has 1 aromatic carbocycles. The van der Waals surface area contributed by atoms with Crippen LogP contribution in [0.1, 0.15) is 45.3 Å². The van der Waals surface area contributed by atoms with Gasteiger partial charge in [0, 0.05) is 29.3 Å². The second-order valence-corrected chi connectivity index (χ2v) is 6.55. The van der Waals surface area contributed by atoms with Crippen LogP contribution in [-0.2, 0) is 6.42 Å². The van der Waals surface area contributed by atoms with Gasteiger partial charge < -0.3 is 4.42 Å². The molecule has 0 unspecified atom stereocenters. The molecular formula is C21H16N2O3. The van der Waals surface area contributed by atoms with E-state index in [1.807, 2.05) is 43.3 Å². The van der Waals surface area contributed by atoms with Gasteiger partial charge in [-0.1, -0.05) is 12.1 Å². The van der Waals surface area contributed by atoms with Crippen molar-refractivity contribution < 1.29 is 9.21 Å². The van der Waals surface area contributed by atoms with E-state index in [4.69, 9.17) is 4.42 Å². The number of pyridine rings is 1. The van der Waals surface area contributed by atoms with Crippen LogP contribution in [-0.4, -0.2) is 10.4 Å². The Balaban J connectivity index is 1.97. The fourth-order valence-corrected chi connectivity index (χ4v) is 3.58. The molecule has 0 spiro atoms. The van der Waals surface area contributed by atoms with Gasteiger partial charge in [-0.15, -0.1) is 0 Å². The molecule has 0 amide bonds. The zero-order chi connectivity index (χ0) is 18.3. The summed E-state index contributed by atoms with van der Waals surface area (Å²) in [4.78, 5) is 25.6. The number of carbonyl (C=O) groups excluding carboxylic acids is 1. The molecule has 0 aliphatic heterocycles. The minimum absolute atomic E-state index is 0.0185. The third kappa shape index (κ3) is 2.56. The molecule has 5 nitrogen and oxygen atoms in total. The monoisotopic (exact) mass is 344 g/mol. The van der Waals surface area contributed by atoms with Crippen LogP contribution < -0.4 is 5.56 Å². The number of benzene rings is 1. The predicted octanol–water partition coefficient (Wildman–Crippen LogP) is 3.52. The second kappa shape index (κ2) is 6.16. The van der Waals surface area contributed by atoms with E-state index in [-0.39, 0.29) is 17.3 Å². The molecule has 4 rings (SSSR count). The Bertz CT molecular complexity index is 1100. The fraction of sp³-hybridized carbons (Fsp3) is 0.190. The Morgan fingerprint density at radius 2 is 2.00 bits per heavy atom. The highest BCUT2D eigenvalue weighted by Crippen LogP contribution is 2.33. The number of rotatable bonds is 2. The smallest absolute Gasteiger partial charge is 0.273 e. The first kappa shape index (κ1) is 16.1. The molecule has 26 heavy (non-hydrogen) atoms. The Morgan fingerprint density at radius 3 is 2.69 bits per heavy atom. The Labute approximate surface area is 150 Å². The van der Waals surface area contributed by atoms with Crippen molar-refractivity contribution in [3.8, 4) is 11.8 Å². The number of nitrogens with zero attached hydrogens (tertiary/aromatic N) is 2. The van der Waals surface area contributed by atoms with Crippen LogP contribution in [0.25, 0.3) is 5.69 Å². The summed E-state index contributed by atoms with van der Waals surface area (Å²) in [6.45, 7) is 1.94. The zero-order valence-electron chi connectivity index (χ0n) is 14.2. The van der Waals surface area contributed by atoms with Gasteiger partial charge in [0.1, 0.15) is 17.4 Å². The Morgan fingerprint density at radius 1 is 1.15 bits per heavy atom. The standard InChI is InChI=1S/C21H16N2O3/c1-13-4-2-5-16(8-13)23-18-10-14(20-6-3-7-26-20)11-19(24)17(18)9-15(12-22)21(23)25/h2-9,14H,10-11H2,1H3/t14-/m0/s1. The number of carbonyl (C=O) groups is 1. The van der Waals surface area contributed by atoms with Crippen LogP contribution in [0.3, 0.4) is 0 Å². The summed E-state index contributed by atoms with van der Waals surface area (Å²) in [6, 6.07) is 14.5. The normalized spacial score (nSPS) is 16.2. The van der Waals surface area contributed by atoms with Crippen molar-refractivity contribution >= 4 is 5.78 Å². The number of fused-ring (bicyclic) bond motifs is 1. The molecule has 2 aromatic heterocycles. The van der Waals surface area contributed by atoms with Gasteiger partial charge in [-0.05, 0) is 49.2 Å². The number of aryl methyl sites for hydroxylation is 1. The summed E-state index contributed by atoms with van der Waals surface area (Å²) in [6.07, 6.45) is 2.39. The first-order valence-electron chi connectivity index (χ1n) is 8.41. The lowest BCUT2D eigenvalue weighted by molar-refractivity contribution is 0.0958. The van der Waals surface area contributed by atoms with Gasteiger partial charge in [-0.2, -0.15) is 5.26 Å². The maximum atomic E-state index is 12.9. The van der Waals surface area contributed by atoms with Gasteiger partial charge in [0.15, 0.2) is 5.78 Å². The quantitative estimate of drug-likeness (QED) is 0.713. The van der Waals surface area contributed by atoms with Gasteiger partial charge in [-0.25, -0.2) is 0 Å². The molecule has 0 N–H and O–H groups in total. The highest BCUT2D eigenvalue weighted by atomic mass is 16.3. The Hall–Kier alpha value is -3.39. The molecule has 1 aliphatic carbocycles. The van der Waals surface area contributed by atoms with Crippen LogP contribution in [0.5, 0.6) is 0 Å². The maximum Gasteiger partial charge on any atom is 0.273 e. The number of furan rings is 1. The molecule has 0 fully saturated rings. The number of hydrogen-bond acceptors (Lipinski definition) is 4. The number of aromatic nitrogens is 1. The number of nitriles is 1. The molecule has 0 saturated heterocycles. The van der Waals surface area contributed by atoms with E-state index in [9.17, 15) is 14.9 Å². The van der Waals surface area contributed by atoms with Crippen LogP contribution in [0.2, 0.25) is 0 Å². The minimum atomic E-state index is -0.398. The van der Waals surface area contributed by atoms with Crippen molar-refractivity contribution in [2.24, 2.45) is 0 Å². The predicted molar refractivity (Wildman–Crippen MR) is 95.6 cm³/mol. The molecule has 128 valence electrons. The molecule has 0 radical (unpaired) electrons. The van der Waals surface area contributed by atoms with Crippen molar-refractivity contribution in [2.75, 3.05) is 0 Å². The molecule has 0 saturated carbocycles. The zero-order valence-corrected chi connectivity index (χ0v) is 14.2. The summed E-state index contributed by atoms with van der Waals surface area (Å²) in [5.74, 6) is 0.538. The van der Waals surface area contributed by atoms with Gasteiger partial charge >= 0.3 is 0 Å². The highest BCUT2D eigenvalue weighted by Gasteiger charge is 2.31. The fourth-order valence-electron chi connectivity index (χ4n) is 3.58. The Kier molecular flexibility index (Phi) is 3.81. The number of Topliss-reactive ketones (excluding diaryl/α,β-unsaturated/α-hetero) is 1. The number of hydrogen-bond donors (Lipinski definition) is 0. The molecule has 0 bridgehead atoms. The molecule has 1 aliphatic rings. The molecule has 3 aromatic rings. The maximum absolute atomic E-state index is 12.9. The molecule has 5 heteroatoms. The van der Waals surface area contributed by atoms with Crippen molar-refractivity contribution in [1.82, 2.24) is 4.57 Å². The first-order valence-corrected chi connectivity index (χ1v) is 8.41. The highest BCUT2D eigenvalue weighted by molar-refractivity contribution is 5.99. The summed E-state index contributed by atoms with van der Waals surface area (Å²) in [5.41, 5.74) is 2.33. The van der Waals surface area contributed by atoms with E-state index in [2.05, 4.69) is 0 Å². The van der Waals surface area contributed by atoms with Crippen molar-refractivity contribution in [2.45, 2.75) is 25.7 Å². The van der Waals surface area contributed by atoms with Gasteiger partial charge in [0.25, 0.3) is 5.56 Å². The van der Waals surface area contributed by atoms with Crippen molar-refractivity contribution in [3.63, 3.8) is 0 Å². The summed E-state index contributed by atoms with van der Waals surface area (Å²) in [5, 5.41) is 9.34. The van der Waals surface area contributed by atoms with Crippen LogP contribution in [0.4, 0.5) is 0 Å². The SMILES string of the molecule is Cc1cccc(-n2c3c(cc(C#N)c2=O)C(=O)C[C@@H](c2ccco2)C3)c1. The average Bonchev–Trinajstić information content (AvgIpc) is 3.16. The summed E-state index contributed by atoms with van der Waals surface area (Å²) < 4.78 is 6.99. The summed E-state index contributed by atoms with van der Waals surface area (Å²) in [7, 11) is 0. The van der Waals surface area contributed by atoms with E-state index in [1.54, 1.807) is 12.3 Å². The second-order valence-electron chi connectivity index (χ2n) is 6.55. The van der Waals surface area contributed by atoms with E-state index in [0.29, 0.717) is 29.8 Å². The van der Waals surface area contributed by atoms with Crippen molar-refractivity contribution in [3.05, 3.63) is 87.2 Å². The van der Waals surface area contributed by atoms with Gasteiger partial charge in [-0.3, -0.25) is 14.2 Å². The van der Waals surface area contributed by atoms with Gasteiger partial charge in [0.2, 0.25) is 0 Å². The van der Waals surface area contributed by atoms with E-state index in [1.165, 1.54) is 10.6 Å². The lowest BCUT2D eigenvalue weighted by atomic mass is 9.83. The third-order valence-corrected chi connectivity index (χ3v) is 4.80. The number of ketones is 1. The topological polar surface area (TPSA) is 76.0 Å². The first-order chi connectivity index (χ1) is 12.6. The summed E-state index contributed by atoms with van der Waals surface area (Å²) >= 11 is 0. The lowest BCUT2D eigenvalue weighted by Gasteiger charge is -2.25. The van der Waals surface area contributed by atoms with E-state index >= 15 is 0 Å². The average molecular weight is 344 g/mol.